The molecule has 5 aliphatic rings. The minimum absolute atomic E-state index is 0.0587. The number of hydrogen-bond acceptors (Lipinski definition) is 1. The lowest BCUT2D eigenvalue weighted by atomic mass is 9.34. The van der Waals surface area contributed by atoms with Crippen LogP contribution in [0.5, 0.6) is 0 Å². The highest BCUT2D eigenvalue weighted by Crippen LogP contribution is 2.75. The summed E-state index contributed by atoms with van der Waals surface area (Å²) in [5, 5.41) is 10.9. The van der Waals surface area contributed by atoms with E-state index in [2.05, 4.69) is 54.5 Å². The van der Waals surface area contributed by atoms with E-state index in [0.717, 1.165) is 24.2 Å². The van der Waals surface area contributed by atoms with Crippen molar-refractivity contribution in [2.75, 3.05) is 0 Å². The highest BCUT2D eigenvalue weighted by Gasteiger charge is 2.67. The molecule has 30 heavy (non-hydrogen) atoms. The van der Waals surface area contributed by atoms with E-state index in [1.165, 1.54) is 57.8 Å². The van der Waals surface area contributed by atoms with Crippen LogP contribution in [0, 0.1) is 50.7 Å². The maximum atomic E-state index is 10.9. The molecule has 1 N–H and O–H groups in total. The second-order valence-electron chi connectivity index (χ2n) is 14.3. The molecule has 0 aromatic rings. The number of rotatable bonds is 0. The van der Waals surface area contributed by atoms with Crippen molar-refractivity contribution in [1.29, 1.82) is 0 Å². The lowest BCUT2D eigenvalue weighted by molar-refractivity contribution is -0.202. The van der Waals surface area contributed by atoms with E-state index in [4.69, 9.17) is 0 Å². The van der Waals surface area contributed by atoms with Gasteiger partial charge in [-0.2, -0.15) is 0 Å². The molecule has 0 radical (unpaired) electrons. The van der Waals surface area contributed by atoms with Gasteiger partial charge in [0.25, 0.3) is 0 Å². The molecule has 5 aliphatic carbocycles. The normalized spacial score (nSPS) is 57.3. The van der Waals surface area contributed by atoms with Crippen LogP contribution in [-0.2, 0) is 0 Å². The van der Waals surface area contributed by atoms with Crippen LogP contribution in [0.25, 0.3) is 0 Å². The lowest BCUT2D eigenvalue weighted by Crippen LogP contribution is -2.64. The van der Waals surface area contributed by atoms with Crippen LogP contribution in [0.1, 0.15) is 113 Å². The van der Waals surface area contributed by atoms with Crippen molar-refractivity contribution >= 4 is 0 Å². The van der Waals surface area contributed by atoms with E-state index >= 15 is 0 Å². The van der Waals surface area contributed by atoms with Gasteiger partial charge in [0.05, 0.1) is 6.10 Å². The molecule has 0 saturated heterocycles. The zero-order valence-corrected chi connectivity index (χ0v) is 21.0. The zero-order chi connectivity index (χ0) is 21.7. The second-order valence-corrected chi connectivity index (χ2v) is 14.3. The first-order valence-electron chi connectivity index (χ1n) is 13.3. The van der Waals surface area contributed by atoms with Crippen LogP contribution in [0.4, 0.5) is 0 Å². The Bertz CT molecular complexity index is 749. The number of hydrogen-bond donors (Lipinski definition) is 1. The van der Waals surface area contributed by atoms with E-state index in [1.807, 2.05) is 5.57 Å². The maximum Gasteiger partial charge on any atom is 0.0594 e. The minimum atomic E-state index is -0.121. The quantitative estimate of drug-likeness (QED) is 0.403. The van der Waals surface area contributed by atoms with Crippen molar-refractivity contribution in [3.63, 3.8) is 0 Å². The molecule has 5 rings (SSSR count). The third kappa shape index (κ3) is 2.51. The molecule has 4 fully saturated rings. The van der Waals surface area contributed by atoms with Crippen LogP contribution in [0.15, 0.2) is 11.6 Å². The van der Waals surface area contributed by atoms with Gasteiger partial charge < -0.3 is 5.11 Å². The van der Waals surface area contributed by atoms with Crippen molar-refractivity contribution in [2.24, 2.45) is 50.7 Å². The Balaban J connectivity index is 1.57. The van der Waals surface area contributed by atoms with E-state index in [-0.39, 0.29) is 11.5 Å². The van der Waals surface area contributed by atoms with E-state index in [0.29, 0.717) is 27.6 Å². The summed E-state index contributed by atoms with van der Waals surface area (Å²) >= 11 is 0. The number of aliphatic hydroxyl groups excluding tert-OH is 1. The molecular weight excluding hydrogens is 364 g/mol. The first-order chi connectivity index (χ1) is 13.9. The van der Waals surface area contributed by atoms with Gasteiger partial charge in [-0.05, 0) is 109 Å². The van der Waals surface area contributed by atoms with Crippen LogP contribution < -0.4 is 0 Å². The summed E-state index contributed by atoms with van der Waals surface area (Å²) in [6.07, 6.45) is 16.0. The fraction of sp³-hybridized carbons (Fsp3) is 0.931. The molecule has 0 heterocycles. The summed E-state index contributed by atoms with van der Waals surface area (Å²) in [4.78, 5) is 0. The Morgan fingerprint density at radius 3 is 2.30 bits per heavy atom. The third-order valence-electron chi connectivity index (χ3n) is 12.8. The van der Waals surface area contributed by atoms with Crippen LogP contribution in [0.3, 0.4) is 0 Å². The van der Waals surface area contributed by atoms with Crippen molar-refractivity contribution < 1.29 is 5.11 Å². The highest BCUT2D eigenvalue weighted by atomic mass is 16.3. The van der Waals surface area contributed by atoms with Crippen LogP contribution in [0.2, 0.25) is 0 Å². The predicted octanol–water partition coefficient (Wildman–Crippen LogP) is 7.78. The van der Waals surface area contributed by atoms with Crippen molar-refractivity contribution in [1.82, 2.24) is 0 Å². The highest BCUT2D eigenvalue weighted by molar-refractivity contribution is 5.33. The Morgan fingerprint density at radius 2 is 1.57 bits per heavy atom. The average molecular weight is 413 g/mol. The SMILES string of the molecule is CC1CCC2(C)CCC3(C)C(=CCC4C5(C)CCC(O)C(C)(C)C5CCC43C)C2C1. The van der Waals surface area contributed by atoms with E-state index in [9.17, 15) is 5.11 Å². The van der Waals surface area contributed by atoms with Gasteiger partial charge in [-0.1, -0.05) is 66.5 Å². The Kier molecular flexibility index (Phi) is 4.59. The summed E-state index contributed by atoms with van der Waals surface area (Å²) in [6.45, 7) is 17.9. The van der Waals surface area contributed by atoms with Crippen molar-refractivity contribution in [2.45, 2.75) is 119 Å². The summed E-state index contributed by atoms with van der Waals surface area (Å²) in [7, 11) is 0. The largest absolute Gasteiger partial charge is 0.393 e. The van der Waals surface area contributed by atoms with Crippen molar-refractivity contribution in [3.8, 4) is 0 Å². The smallest absolute Gasteiger partial charge is 0.0594 e. The van der Waals surface area contributed by atoms with Gasteiger partial charge in [-0.3, -0.25) is 0 Å². The topological polar surface area (TPSA) is 20.2 Å². The van der Waals surface area contributed by atoms with E-state index < -0.39 is 0 Å². The average Bonchev–Trinajstić information content (AvgIpc) is 2.67. The molecule has 9 unspecified atom stereocenters. The number of allylic oxidation sites excluding steroid dienone is 2. The summed E-state index contributed by atoms with van der Waals surface area (Å²) in [5.41, 5.74) is 3.68. The molecule has 4 saturated carbocycles. The monoisotopic (exact) mass is 412 g/mol. The second kappa shape index (κ2) is 6.39. The molecule has 1 heteroatoms. The first-order valence-corrected chi connectivity index (χ1v) is 13.3. The minimum Gasteiger partial charge on any atom is -0.393 e. The maximum absolute atomic E-state index is 10.9. The molecule has 170 valence electrons. The van der Waals surface area contributed by atoms with Gasteiger partial charge in [0, 0.05) is 0 Å². The Hall–Kier alpha value is -0.300. The number of fused-ring (bicyclic) bond motifs is 7. The number of aliphatic hydroxyl groups is 1. The van der Waals surface area contributed by atoms with Gasteiger partial charge in [-0.25, -0.2) is 0 Å². The molecule has 9 atom stereocenters. The van der Waals surface area contributed by atoms with Gasteiger partial charge >= 0.3 is 0 Å². The Morgan fingerprint density at radius 1 is 0.833 bits per heavy atom. The summed E-state index contributed by atoms with van der Waals surface area (Å²) in [5.74, 6) is 3.15. The standard InChI is InChI=1S/C29H48O/c1-19-10-13-26(4)16-17-28(6)20(21(26)18-19)8-9-23-27(5)14-12-24(30)25(2,3)22(27)11-15-29(23,28)7/h8,19,21-24,30H,9-18H2,1-7H3. The van der Waals surface area contributed by atoms with Crippen molar-refractivity contribution in [3.05, 3.63) is 11.6 Å². The summed E-state index contributed by atoms with van der Waals surface area (Å²) < 4.78 is 0. The molecular formula is C29H48O. The predicted molar refractivity (Wildman–Crippen MR) is 126 cm³/mol. The molecule has 1 nitrogen and oxygen atoms in total. The Labute approximate surface area is 186 Å². The first kappa shape index (κ1) is 21.5. The summed E-state index contributed by atoms with van der Waals surface area (Å²) in [6, 6.07) is 0. The molecule has 0 aliphatic heterocycles. The van der Waals surface area contributed by atoms with E-state index in [1.54, 1.807) is 0 Å². The molecule has 0 aromatic carbocycles. The van der Waals surface area contributed by atoms with Crippen LogP contribution >= 0.6 is 0 Å². The van der Waals surface area contributed by atoms with Gasteiger partial charge in [0.1, 0.15) is 0 Å². The fourth-order valence-electron chi connectivity index (χ4n) is 10.4. The molecule has 0 spiro atoms. The molecule has 0 amide bonds. The van der Waals surface area contributed by atoms with Gasteiger partial charge in [0.15, 0.2) is 0 Å². The third-order valence-corrected chi connectivity index (χ3v) is 12.8. The molecule has 0 bridgehead atoms. The van der Waals surface area contributed by atoms with Gasteiger partial charge in [-0.15, -0.1) is 0 Å². The lowest BCUT2D eigenvalue weighted by Gasteiger charge is -2.71. The molecule has 0 aromatic heterocycles. The van der Waals surface area contributed by atoms with Gasteiger partial charge in [0.2, 0.25) is 0 Å². The fourth-order valence-corrected chi connectivity index (χ4v) is 10.4. The van der Waals surface area contributed by atoms with Crippen LogP contribution in [-0.4, -0.2) is 11.2 Å². The zero-order valence-electron chi connectivity index (χ0n) is 21.0.